The second-order valence-electron chi connectivity index (χ2n) is 5.88. The van der Waals surface area contributed by atoms with E-state index in [0.717, 1.165) is 38.6 Å². The lowest BCUT2D eigenvalue weighted by atomic mass is 9.87. The fraction of sp³-hybridized carbons (Fsp3) is 0.923. The summed E-state index contributed by atoms with van der Waals surface area (Å²) in [6.07, 6.45) is 3.70. The Morgan fingerprint density at radius 3 is 2.56 bits per heavy atom. The highest BCUT2D eigenvalue weighted by Crippen LogP contribution is 2.46. The summed E-state index contributed by atoms with van der Waals surface area (Å²) in [4.78, 5) is 16.9. The standard InChI is InChI=1S/C13H22N2O/c1-14-4-6-15(7-5-14)9-12-10-2-3-11(8-10)13(12)16/h10-12H,2-9H2,1H3. The Morgan fingerprint density at radius 1 is 1.19 bits per heavy atom. The van der Waals surface area contributed by atoms with Crippen molar-refractivity contribution in [1.29, 1.82) is 0 Å². The van der Waals surface area contributed by atoms with E-state index in [2.05, 4.69) is 16.8 Å². The predicted octanol–water partition coefficient (Wildman–Crippen LogP) is 0.849. The molecule has 0 aromatic rings. The molecule has 2 aliphatic carbocycles. The lowest BCUT2D eigenvalue weighted by Crippen LogP contribution is -2.47. The number of hydrogen-bond acceptors (Lipinski definition) is 3. The highest BCUT2D eigenvalue weighted by atomic mass is 16.1. The minimum Gasteiger partial charge on any atom is -0.304 e. The van der Waals surface area contributed by atoms with Crippen molar-refractivity contribution < 1.29 is 4.79 Å². The number of ketones is 1. The molecular weight excluding hydrogens is 200 g/mol. The third kappa shape index (κ3) is 1.80. The average Bonchev–Trinajstić information content (AvgIpc) is 2.85. The van der Waals surface area contributed by atoms with Crippen LogP contribution in [-0.4, -0.2) is 55.4 Å². The van der Waals surface area contributed by atoms with Crippen LogP contribution in [-0.2, 0) is 4.79 Å². The van der Waals surface area contributed by atoms with Gasteiger partial charge >= 0.3 is 0 Å². The Balaban J connectivity index is 1.57. The molecule has 0 spiro atoms. The van der Waals surface area contributed by atoms with Crippen molar-refractivity contribution in [3.05, 3.63) is 0 Å². The molecule has 0 aromatic heterocycles. The van der Waals surface area contributed by atoms with Gasteiger partial charge in [0.15, 0.2) is 0 Å². The van der Waals surface area contributed by atoms with Gasteiger partial charge in [0.1, 0.15) is 5.78 Å². The molecule has 3 fully saturated rings. The van der Waals surface area contributed by atoms with Crippen LogP contribution < -0.4 is 0 Å². The van der Waals surface area contributed by atoms with E-state index in [1.165, 1.54) is 19.3 Å². The molecule has 0 N–H and O–H groups in total. The molecule has 0 radical (unpaired) electrons. The molecule has 0 amide bonds. The van der Waals surface area contributed by atoms with Crippen molar-refractivity contribution in [3.63, 3.8) is 0 Å². The van der Waals surface area contributed by atoms with Crippen LogP contribution in [0.15, 0.2) is 0 Å². The van der Waals surface area contributed by atoms with Gasteiger partial charge in [0.25, 0.3) is 0 Å². The Hall–Kier alpha value is -0.410. The van der Waals surface area contributed by atoms with E-state index < -0.39 is 0 Å². The fourth-order valence-corrected chi connectivity index (χ4v) is 3.72. The van der Waals surface area contributed by atoms with Gasteiger partial charge in [-0.2, -0.15) is 0 Å². The smallest absolute Gasteiger partial charge is 0.140 e. The molecule has 2 saturated carbocycles. The summed E-state index contributed by atoms with van der Waals surface area (Å²) in [5.74, 6) is 2.16. The minimum absolute atomic E-state index is 0.391. The Kier molecular flexibility index (Phi) is 2.76. The van der Waals surface area contributed by atoms with Gasteiger partial charge in [0.2, 0.25) is 0 Å². The average molecular weight is 222 g/mol. The van der Waals surface area contributed by atoms with Gasteiger partial charge in [-0.05, 0) is 32.2 Å². The molecule has 90 valence electrons. The number of likely N-dealkylation sites (N-methyl/N-ethyl adjacent to an activating group) is 1. The van der Waals surface area contributed by atoms with Crippen molar-refractivity contribution in [3.8, 4) is 0 Å². The van der Waals surface area contributed by atoms with Gasteiger partial charge in [0, 0.05) is 44.6 Å². The van der Waals surface area contributed by atoms with E-state index in [0.29, 0.717) is 17.6 Å². The highest BCUT2D eigenvalue weighted by molar-refractivity contribution is 5.87. The van der Waals surface area contributed by atoms with E-state index in [9.17, 15) is 4.79 Å². The molecule has 3 unspecified atom stereocenters. The first-order valence-electron chi connectivity index (χ1n) is 6.68. The first-order chi connectivity index (χ1) is 7.74. The fourth-order valence-electron chi connectivity index (χ4n) is 3.72. The monoisotopic (exact) mass is 222 g/mol. The van der Waals surface area contributed by atoms with Crippen LogP contribution in [0.3, 0.4) is 0 Å². The van der Waals surface area contributed by atoms with Crippen LogP contribution in [0.4, 0.5) is 0 Å². The van der Waals surface area contributed by atoms with Gasteiger partial charge < -0.3 is 9.80 Å². The number of carbonyl (C=O) groups excluding carboxylic acids is 1. The zero-order valence-corrected chi connectivity index (χ0v) is 10.2. The zero-order chi connectivity index (χ0) is 11.1. The number of carbonyl (C=O) groups is 1. The number of piperazine rings is 1. The molecule has 3 aliphatic rings. The van der Waals surface area contributed by atoms with Crippen LogP contribution in [0.1, 0.15) is 19.3 Å². The minimum atomic E-state index is 0.391. The van der Waals surface area contributed by atoms with Crippen LogP contribution in [0.5, 0.6) is 0 Å². The molecule has 16 heavy (non-hydrogen) atoms. The van der Waals surface area contributed by atoms with Crippen molar-refractivity contribution in [2.75, 3.05) is 39.8 Å². The summed E-state index contributed by atoms with van der Waals surface area (Å²) in [7, 11) is 2.18. The lowest BCUT2D eigenvalue weighted by molar-refractivity contribution is -0.126. The van der Waals surface area contributed by atoms with Crippen LogP contribution in [0.25, 0.3) is 0 Å². The van der Waals surface area contributed by atoms with E-state index in [4.69, 9.17) is 0 Å². The quantitative estimate of drug-likeness (QED) is 0.692. The van der Waals surface area contributed by atoms with Gasteiger partial charge in [0.05, 0.1) is 0 Å². The summed E-state index contributed by atoms with van der Waals surface area (Å²) >= 11 is 0. The highest BCUT2D eigenvalue weighted by Gasteiger charge is 2.46. The van der Waals surface area contributed by atoms with E-state index >= 15 is 0 Å². The molecule has 3 heteroatoms. The van der Waals surface area contributed by atoms with Crippen LogP contribution in [0, 0.1) is 17.8 Å². The topological polar surface area (TPSA) is 23.6 Å². The molecule has 3 rings (SSSR count). The maximum Gasteiger partial charge on any atom is 0.140 e. The second-order valence-corrected chi connectivity index (χ2v) is 5.88. The third-order valence-corrected chi connectivity index (χ3v) is 4.86. The number of nitrogens with zero attached hydrogens (tertiary/aromatic N) is 2. The maximum absolute atomic E-state index is 12.1. The van der Waals surface area contributed by atoms with E-state index in [-0.39, 0.29) is 0 Å². The Bertz CT molecular complexity index is 284. The van der Waals surface area contributed by atoms with Crippen molar-refractivity contribution in [2.24, 2.45) is 17.8 Å². The maximum atomic E-state index is 12.1. The lowest BCUT2D eigenvalue weighted by Gasteiger charge is -2.35. The number of fused-ring (bicyclic) bond motifs is 2. The molecule has 1 heterocycles. The third-order valence-electron chi connectivity index (χ3n) is 4.86. The zero-order valence-electron chi connectivity index (χ0n) is 10.2. The van der Waals surface area contributed by atoms with Crippen molar-refractivity contribution in [2.45, 2.75) is 19.3 Å². The van der Waals surface area contributed by atoms with Gasteiger partial charge in [-0.15, -0.1) is 0 Å². The van der Waals surface area contributed by atoms with Crippen molar-refractivity contribution >= 4 is 5.78 Å². The SMILES string of the molecule is CN1CCN(CC2C(=O)C3CCC2C3)CC1. The summed E-state index contributed by atoms with van der Waals surface area (Å²) in [5.41, 5.74) is 0. The van der Waals surface area contributed by atoms with Crippen LogP contribution >= 0.6 is 0 Å². The number of rotatable bonds is 2. The summed E-state index contributed by atoms with van der Waals surface area (Å²) in [6.45, 7) is 5.67. The first kappa shape index (κ1) is 10.7. The molecule has 3 nitrogen and oxygen atoms in total. The molecule has 2 bridgehead atoms. The molecule has 1 saturated heterocycles. The van der Waals surface area contributed by atoms with Crippen molar-refractivity contribution in [1.82, 2.24) is 9.80 Å². The predicted molar refractivity (Wildman–Crippen MR) is 63.3 cm³/mol. The largest absolute Gasteiger partial charge is 0.304 e. The van der Waals surface area contributed by atoms with Gasteiger partial charge in [-0.3, -0.25) is 4.79 Å². The second kappa shape index (κ2) is 4.11. The van der Waals surface area contributed by atoms with E-state index in [1.807, 2.05) is 0 Å². The molecule has 0 aromatic carbocycles. The van der Waals surface area contributed by atoms with Gasteiger partial charge in [-0.1, -0.05) is 0 Å². The Labute approximate surface area is 97.8 Å². The number of hydrogen-bond donors (Lipinski definition) is 0. The molecular formula is C13H22N2O. The molecule has 1 aliphatic heterocycles. The summed E-state index contributed by atoms with van der Waals surface area (Å²) in [6, 6.07) is 0. The number of Topliss-reactive ketones (excluding diaryl/α,β-unsaturated/α-hetero) is 1. The summed E-state index contributed by atoms with van der Waals surface area (Å²) in [5, 5.41) is 0. The summed E-state index contributed by atoms with van der Waals surface area (Å²) < 4.78 is 0. The molecule has 3 atom stereocenters. The van der Waals surface area contributed by atoms with Gasteiger partial charge in [-0.25, -0.2) is 0 Å². The van der Waals surface area contributed by atoms with Crippen LogP contribution in [0.2, 0.25) is 0 Å². The Morgan fingerprint density at radius 2 is 1.94 bits per heavy atom. The normalized spacial score (nSPS) is 40.8. The first-order valence-corrected chi connectivity index (χ1v) is 6.68. The van der Waals surface area contributed by atoms with E-state index in [1.54, 1.807) is 0 Å².